The number of hydrogen-bond acceptors (Lipinski definition) is 7. The number of likely N-dealkylation sites (tertiary alicyclic amines) is 1. The van der Waals surface area contributed by atoms with Crippen molar-refractivity contribution in [2.24, 2.45) is 0 Å². The van der Waals surface area contributed by atoms with Crippen LogP contribution < -0.4 is 5.32 Å². The highest BCUT2D eigenvalue weighted by molar-refractivity contribution is 4.93. The Bertz CT molecular complexity index is 410. The lowest BCUT2D eigenvalue weighted by atomic mass is 9.89. The van der Waals surface area contributed by atoms with Crippen molar-refractivity contribution in [3.8, 4) is 0 Å². The Morgan fingerprint density at radius 1 is 1.30 bits per heavy atom. The van der Waals surface area contributed by atoms with Gasteiger partial charge in [0.15, 0.2) is 0 Å². The number of morpholine rings is 1. The first-order valence-electron chi connectivity index (χ1n) is 8.69. The molecule has 23 heavy (non-hydrogen) atoms. The van der Waals surface area contributed by atoms with Crippen molar-refractivity contribution in [1.82, 2.24) is 15.1 Å². The molecular weight excluding hydrogens is 300 g/mol. The molecule has 3 aliphatic rings. The fraction of sp³-hybridized carbons (Fsp3) is 1.00. The molecule has 2 N–H and O–H groups in total. The summed E-state index contributed by atoms with van der Waals surface area (Å²) >= 11 is 0. The fourth-order valence-electron chi connectivity index (χ4n) is 4.08. The van der Waals surface area contributed by atoms with E-state index < -0.39 is 11.8 Å². The number of nitrogens with zero attached hydrogens (tertiary/aromatic N) is 3. The van der Waals surface area contributed by atoms with E-state index in [1.165, 1.54) is 0 Å². The number of aliphatic hydroxyl groups is 1. The van der Waals surface area contributed by atoms with Gasteiger partial charge in [-0.25, -0.2) is 0 Å². The quantitative estimate of drug-likeness (QED) is 0.531. The fourth-order valence-corrected chi connectivity index (χ4v) is 4.08. The van der Waals surface area contributed by atoms with Crippen molar-refractivity contribution in [3.63, 3.8) is 0 Å². The van der Waals surface area contributed by atoms with Crippen LogP contribution in [0.15, 0.2) is 0 Å². The summed E-state index contributed by atoms with van der Waals surface area (Å²) in [6, 6.07) is 0.294. The molecule has 0 amide bonds. The van der Waals surface area contributed by atoms with Crippen molar-refractivity contribution in [2.75, 3.05) is 52.5 Å². The second-order valence-electron chi connectivity index (χ2n) is 7.13. The van der Waals surface area contributed by atoms with E-state index >= 15 is 0 Å². The summed E-state index contributed by atoms with van der Waals surface area (Å²) in [4.78, 5) is 15.2. The second kappa shape index (κ2) is 7.40. The highest BCUT2D eigenvalue weighted by Crippen LogP contribution is 2.26. The van der Waals surface area contributed by atoms with E-state index in [1.54, 1.807) is 0 Å². The Kier molecular flexibility index (Phi) is 5.48. The highest BCUT2D eigenvalue weighted by Gasteiger charge is 2.39. The van der Waals surface area contributed by atoms with Gasteiger partial charge in [0.2, 0.25) is 0 Å². The molecule has 8 nitrogen and oxygen atoms in total. The molecule has 0 aromatic heterocycles. The zero-order valence-corrected chi connectivity index (χ0v) is 13.7. The van der Waals surface area contributed by atoms with E-state index in [0.29, 0.717) is 32.1 Å². The second-order valence-corrected chi connectivity index (χ2v) is 7.13. The highest BCUT2D eigenvalue weighted by atomic mass is 16.6. The van der Waals surface area contributed by atoms with E-state index in [9.17, 15) is 15.2 Å². The molecule has 3 saturated heterocycles. The molecule has 3 heterocycles. The molecule has 0 aliphatic carbocycles. The first-order valence-corrected chi connectivity index (χ1v) is 8.69. The monoisotopic (exact) mass is 328 g/mol. The number of piperidine rings is 2. The molecule has 0 spiro atoms. The van der Waals surface area contributed by atoms with E-state index in [2.05, 4.69) is 15.1 Å². The van der Waals surface area contributed by atoms with Crippen molar-refractivity contribution in [1.29, 1.82) is 0 Å². The molecule has 8 heteroatoms. The average molecular weight is 328 g/mol. The lowest BCUT2D eigenvalue weighted by molar-refractivity contribution is -0.532. The predicted molar refractivity (Wildman–Crippen MR) is 84.8 cm³/mol. The van der Waals surface area contributed by atoms with Crippen LogP contribution in [0.5, 0.6) is 0 Å². The molecule has 3 aliphatic heterocycles. The van der Waals surface area contributed by atoms with Gasteiger partial charge in [0.1, 0.15) is 0 Å². The van der Waals surface area contributed by atoms with Crippen LogP contribution >= 0.6 is 0 Å². The van der Waals surface area contributed by atoms with Crippen LogP contribution in [0.4, 0.5) is 0 Å². The maximum absolute atomic E-state index is 11.0. The number of rotatable bonds is 4. The molecule has 0 aromatic rings. The Morgan fingerprint density at radius 2 is 2.09 bits per heavy atom. The first-order chi connectivity index (χ1) is 11.1. The lowest BCUT2D eigenvalue weighted by Gasteiger charge is -2.46. The topological polar surface area (TPSA) is 91.1 Å². The standard InChI is InChI=1S/C15H28N4O4/c20-15(11-17-6-8-23-9-7-17)4-1-5-18(12-15)13-2-3-14(16-10-13)19(21)22/h13-14,16,20H,1-12H2. The van der Waals surface area contributed by atoms with E-state index in [0.717, 1.165) is 52.1 Å². The number of hydrogen-bond donors (Lipinski definition) is 2. The molecule has 3 unspecified atom stereocenters. The number of ether oxygens (including phenoxy) is 1. The van der Waals surface area contributed by atoms with Crippen LogP contribution in [-0.2, 0) is 4.74 Å². The number of β-amino-alcohol motifs (C(OH)–C–C–N with tert-alkyl or cyclic N) is 1. The Hall–Kier alpha value is -0.800. The van der Waals surface area contributed by atoms with Gasteiger partial charge >= 0.3 is 0 Å². The minimum Gasteiger partial charge on any atom is -0.387 e. The molecule has 0 bridgehead atoms. The third-order valence-corrected chi connectivity index (χ3v) is 5.34. The van der Waals surface area contributed by atoms with Crippen LogP contribution in [0.2, 0.25) is 0 Å². The zero-order valence-electron chi connectivity index (χ0n) is 13.7. The zero-order chi connectivity index (χ0) is 16.3. The van der Waals surface area contributed by atoms with Crippen molar-refractivity contribution in [2.45, 2.75) is 43.5 Å². The summed E-state index contributed by atoms with van der Waals surface area (Å²) in [5, 5.41) is 24.9. The third kappa shape index (κ3) is 4.39. The minimum atomic E-state index is -0.671. The minimum absolute atomic E-state index is 0.235. The van der Waals surface area contributed by atoms with Crippen LogP contribution in [0.3, 0.4) is 0 Å². The Balaban J connectivity index is 1.52. The molecule has 0 radical (unpaired) electrons. The van der Waals surface area contributed by atoms with E-state index in [1.807, 2.05) is 0 Å². The van der Waals surface area contributed by atoms with Crippen LogP contribution in [-0.4, -0.2) is 90.1 Å². The molecule has 3 atom stereocenters. The van der Waals surface area contributed by atoms with Gasteiger partial charge in [-0.15, -0.1) is 0 Å². The molecule has 3 fully saturated rings. The Labute approximate surface area is 136 Å². The third-order valence-electron chi connectivity index (χ3n) is 5.34. The summed E-state index contributed by atoms with van der Waals surface area (Å²) in [6.45, 7) is 6.24. The van der Waals surface area contributed by atoms with Gasteiger partial charge < -0.3 is 9.84 Å². The largest absolute Gasteiger partial charge is 0.387 e. The lowest BCUT2D eigenvalue weighted by Crippen LogP contribution is -2.60. The van der Waals surface area contributed by atoms with E-state index in [-0.39, 0.29) is 4.92 Å². The smallest absolute Gasteiger partial charge is 0.266 e. The van der Waals surface area contributed by atoms with Crippen LogP contribution in [0.1, 0.15) is 25.7 Å². The molecule has 3 rings (SSSR count). The molecule has 0 saturated carbocycles. The molecule has 132 valence electrons. The van der Waals surface area contributed by atoms with Crippen molar-refractivity contribution >= 4 is 0 Å². The Morgan fingerprint density at radius 3 is 2.74 bits per heavy atom. The summed E-state index contributed by atoms with van der Waals surface area (Å²) in [6.07, 6.45) is 2.60. The number of nitro groups is 1. The maximum atomic E-state index is 11.0. The van der Waals surface area contributed by atoms with Gasteiger partial charge in [0, 0.05) is 50.1 Å². The van der Waals surface area contributed by atoms with Crippen LogP contribution in [0.25, 0.3) is 0 Å². The summed E-state index contributed by atoms with van der Waals surface area (Å²) in [7, 11) is 0. The van der Waals surface area contributed by atoms with Crippen molar-refractivity contribution in [3.05, 3.63) is 10.1 Å². The first kappa shape index (κ1) is 17.0. The number of nitrogens with one attached hydrogen (secondary N) is 1. The summed E-state index contributed by atoms with van der Waals surface area (Å²) in [5.74, 6) is 0. The molecular formula is C15H28N4O4. The van der Waals surface area contributed by atoms with Crippen molar-refractivity contribution < 1.29 is 14.8 Å². The van der Waals surface area contributed by atoms with Gasteiger partial charge in [-0.05, 0) is 25.8 Å². The predicted octanol–water partition coefficient (Wildman–Crippen LogP) is -0.500. The summed E-state index contributed by atoms with van der Waals surface area (Å²) in [5.41, 5.74) is -0.671. The van der Waals surface area contributed by atoms with E-state index in [4.69, 9.17) is 4.74 Å². The van der Waals surface area contributed by atoms with Gasteiger partial charge in [0.05, 0.1) is 18.8 Å². The molecule has 0 aromatic carbocycles. The maximum Gasteiger partial charge on any atom is 0.266 e. The van der Waals surface area contributed by atoms with Crippen LogP contribution in [0, 0.1) is 10.1 Å². The summed E-state index contributed by atoms with van der Waals surface area (Å²) < 4.78 is 5.37. The van der Waals surface area contributed by atoms with Gasteiger partial charge in [-0.3, -0.25) is 25.2 Å². The van der Waals surface area contributed by atoms with Gasteiger partial charge in [-0.1, -0.05) is 0 Å². The normalized spacial score (nSPS) is 37.6. The average Bonchev–Trinajstić information content (AvgIpc) is 2.55. The SMILES string of the molecule is O=[N+]([O-])C1CCC(N2CCCC(O)(CN3CCOCC3)C2)CN1. The van der Waals surface area contributed by atoms with Gasteiger partial charge in [-0.2, -0.15) is 0 Å². The van der Waals surface area contributed by atoms with Gasteiger partial charge in [0.25, 0.3) is 6.17 Å².